The Labute approximate surface area is 162 Å². The highest BCUT2D eigenvalue weighted by molar-refractivity contribution is 7.92. The van der Waals surface area contributed by atoms with E-state index in [4.69, 9.17) is 16.3 Å². The topological polar surface area (TPSA) is 46.6 Å². The van der Waals surface area contributed by atoms with E-state index in [2.05, 4.69) is 0 Å². The maximum atomic E-state index is 13.6. The van der Waals surface area contributed by atoms with Crippen molar-refractivity contribution in [3.05, 3.63) is 89.2 Å². The Hall–Kier alpha value is -2.57. The van der Waals surface area contributed by atoms with Crippen molar-refractivity contribution in [2.24, 2.45) is 0 Å². The van der Waals surface area contributed by atoms with Crippen molar-refractivity contribution in [2.75, 3.05) is 11.4 Å². The molecule has 0 unspecified atom stereocenters. The Bertz CT molecular complexity index is 1060. The maximum Gasteiger partial charge on any atom is 0.264 e. The lowest BCUT2D eigenvalue weighted by molar-refractivity contribution is 0.413. The van der Waals surface area contributed by atoms with Crippen molar-refractivity contribution in [2.45, 2.75) is 11.4 Å². The second-order valence-electron chi connectivity index (χ2n) is 5.80. The van der Waals surface area contributed by atoms with Gasteiger partial charge in [-0.2, -0.15) is 0 Å². The lowest BCUT2D eigenvalue weighted by Gasteiger charge is -2.25. The number of methoxy groups -OCH3 is 1. The van der Waals surface area contributed by atoms with Gasteiger partial charge in [-0.3, -0.25) is 4.31 Å². The number of hydrogen-bond donors (Lipinski definition) is 0. The minimum Gasteiger partial charge on any atom is -0.497 e. The second-order valence-corrected chi connectivity index (χ2v) is 8.10. The smallest absolute Gasteiger partial charge is 0.264 e. The number of ether oxygens (including phenoxy) is 1. The van der Waals surface area contributed by atoms with Crippen LogP contribution in [0.1, 0.15) is 5.56 Å². The summed E-state index contributed by atoms with van der Waals surface area (Å²) in [5, 5.41) is 0.401. The zero-order valence-corrected chi connectivity index (χ0v) is 16.0. The highest BCUT2D eigenvalue weighted by Crippen LogP contribution is 2.29. The average molecular weight is 406 g/mol. The molecular formula is C20H17ClFNO3S. The van der Waals surface area contributed by atoms with Crippen LogP contribution < -0.4 is 9.04 Å². The summed E-state index contributed by atoms with van der Waals surface area (Å²) in [6.45, 7) is -0.0440. The number of halogens is 2. The van der Waals surface area contributed by atoms with Gasteiger partial charge in [-0.15, -0.1) is 0 Å². The molecule has 0 heterocycles. The number of rotatable bonds is 6. The predicted molar refractivity (Wildman–Crippen MR) is 104 cm³/mol. The van der Waals surface area contributed by atoms with Gasteiger partial charge in [0.25, 0.3) is 10.0 Å². The largest absolute Gasteiger partial charge is 0.497 e. The molecule has 0 amide bonds. The molecule has 0 bridgehead atoms. The number of anilines is 1. The minimum absolute atomic E-state index is 0.0440. The molecule has 0 aliphatic carbocycles. The molecule has 7 heteroatoms. The van der Waals surface area contributed by atoms with E-state index in [-0.39, 0.29) is 11.4 Å². The fraction of sp³-hybridized carbons (Fsp3) is 0.100. The molecular weight excluding hydrogens is 389 g/mol. The summed E-state index contributed by atoms with van der Waals surface area (Å²) in [5.74, 6) is -0.00908. The van der Waals surface area contributed by atoms with Crippen LogP contribution in [0.4, 0.5) is 10.1 Å². The van der Waals surface area contributed by atoms with Crippen molar-refractivity contribution in [3.8, 4) is 5.75 Å². The summed E-state index contributed by atoms with van der Waals surface area (Å²) >= 11 is 6.06. The van der Waals surface area contributed by atoms with Crippen LogP contribution in [-0.2, 0) is 16.6 Å². The van der Waals surface area contributed by atoms with Crippen molar-refractivity contribution in [3.63, 3.8) is 0 Å². The first-order chi connectivity index (χ1) is 12.9. The first-order valence-corrected chi connectivity index (χ1v) is 9.89. The molecule has 3 rings (SSSR count). The van der Waals surface area contributed by atoms with Gasteiger partial charge in [-0.05, 0) is 48.0 Å². The predicted octanol–water partition coefficient (Wildman–Crippen LogP) is 4.88. The van der Waals surface area contributed by atoms with E-state index in [9.17, 15) is 12.8 Å². The third-order valence-corrected chi connectivity index (χ3v) is 5.95. The highest BCUT2D eigenvalue weighted by Gasteiger charge is 2.26. The molecule has 140 valence electrons. The standard InChI is InChI=1S/C20H17ClFNO3S/c1-26-19-9-4-10-20(13-19)27(24,25)23(18-8-3-6-16(21)12-18)14-15-5-2-7-17(22)11-15/h2-13H,14H2,1H3. The SMILES string of the molecule is COc1cccc(S(=O)(=O)N(Cc2cccc(F)c2)c2cccc(Cl)c2)c1. The van der Waals surface area contributed by atoms with Crippen molar-refractivity contribution in [1.29, 1.82) is 0 Å². The van der Waals surface area contributed by atoms with Crippen molar-refractivity contribution >= 4 is 27.3 Å². The fourth-order valence-corrected chi connectivity index (χ4v) is 4.30. The zero-order valence-electron chi connectivity index (χ0n) is 14.5. The quantitative estimate of drug-likeness (QED) is 0.587. The molecule has 0 atom stereocenters. The lowest BCUT2D eigenvalue weighted by atomic mass is 10.2. The third-order valence-electron chi connectivity index (χ3n) is 3.94. The van der Waals surface area contributed by atoms with Gasteiger partial charge in [0, 0.05) is 11.1 Å². The van der Waals surface area contributed by atoms with Crippen LogP contribution in [0.3, 0.4) is 0 Å². The Balaban J connectivity index is 2.10. The number of nitrogens with zero attached hydrogens (tertiary/aromatic N) is 1. The van der Waals surface area contributed by atoms with Crippen molar-refractivity contribution in [1.82, 2.24) is 0 Å². The van der Waals surface area contributed by atoms with Crippen LogP contribution >= 0.6 is 11.6 Å². The lowest BCUT2D eigenvalue weighted by Crippen LogP contribution is -2.30. The van der Waals surface area contributed by atoms with E-state index in [1.807, 2.05) is 0 Å². The summed E-state index contributed by atoms with van der Waals surface area (Å²) in [4.78, 5) is 0.0678. The van der Waals surface area contributed by atoms with Gasteiger partial charge in [0.2, 0.25) is 0 Å². The molecule has 4 nitrogen and oxygen atoms in total. The average Bonchev–Trinajstić information content (AvgIpc) is 2.66. The summed E-state index contributed by atoms with van der Waals surface area (Å²) in [6.07, 6.45) is 0. The summed E-state index contributed by atoms with van der Waals surface area (Å²) < 4.78 is 46.6. The van der Waals surface area contributed by atoms with Crippen LogP contribution in [-0.4, -0.2) is 15.5 Å². The second kappa shape index (κ2) is 7.98. The monoisotopic (exact) mass is 405 g/mol. The molecule has 0 aromatic heterocycles. The zero-order chi connectivity index (χ0) is 19.4. The van der Waals surface area contributed by atoms with E-state index in [0.717, 1.165) is 0 Å². The molecule has 0 N–H and O–H groups in total. The fourth-order valence-electron chi connectivity index (χ4n) is 2.64. The van der Waals surface area contributed by atoms with Gasteiger partial charge in [0.05, 0.1) is 24.2 Å². The first-order valence-electron chi connectivity index (χ1n) is 8.07. The Morgan fingerprint density at radius 1 is 1.00 bits per heavy atom. The van der Waals surface area contributed by atoms with Crippen LogP contribution in [0.15, 0.2) is 77.7 Å². The number of sulfonamides is 1. The van der Waals surface area contributed by atoms with Gasteiger partial charge in [-0.1, -0.05) is 35.9 Å². The summed E-state index contributed by atoms with van der Waals surface area (Å²) in [5.41, 5.74) is 0.899. The molecule has 0 saturated heterocycles. The highest BCUT2D eigenvalue weighted by atomic mass is 35.5. The van der Waals surface area contributed by atoms with Crippen LogP contribution in [0, 0.1) is 5.82 Å². The van der Waals surface area contributed by atoms with Gasteiger partial charge in [-0.25, -0.2) is 12.8 Å². The van der Waals surface area contributed by atoms with E-state index in [1.165, 1.54) is 35.7 Å². The van der Waals surface area contributed by atoms with Gasteiger partial charge in [0.15, 0.2) is 0 Å². The van der Waals surface area contributed by atoms with E-state index >= 15 is 0 Å². The molecule has 3 aromatic rings. The van der Waals surface area contributed by atoms with Crippen molar-refractivity contribution < 1.29 is 17.5 Å². The summed E-state index contributed by atoms with van der Waals surface area (Å²) in [6, 6.07) is 18.5. The minimum atomic E-state index is -3.94. The molecule has 0 aliphatic rings. The van der Waals surface area contributed by atoms with Crippen LogP contribution in [0.5, 0.6) is 5.75 Å². The molecule has 0 saturated carbocycles. The molecule has 27 heavy (non-hydrogen) atoms. The Morgan fingerprint density at radius 2 is 1.74 bits per heavy atom. The maximum absolute atomic E-state index is 13.6. The first kappa shape index (κ1) is 19.2. The van der Waals surface area contributed by atoms with Gasteiger partial charge >= 0.3 is 0 Å². The normalized spacial score (nSPS) is 11.2. The molecule has 0 fully saturated rings. The molecule has 0 radical (unpaired) electrons. The van der Waals surface area contributed by atoms with Gasteiger partial charge < -0.3 is 4.74 Å². The van der Waals surface area contributed by atoms with Crippen LogP contribution in [0.25, 0.3) is 0 Å². The Morgan fingerprint density at radius 3 is 2.44 bits per heavy atom. The Kier molecular flexibility index (Phi) is 5.68. The van der Waals surface area contributed by atoms with E-state index < -0.39 is 15.8 Å². The summed E-state index contributed by atoms with van der Waals surface area (Å²) in [7, 11) is -2.48. The van der Waals surface area contributed by atoms with E-state index in [1.54, 1.807) is 48.5 Å². The molecule has 0 aliphatic heterocycles. The third kappa shape index (κ3) is 4.40. The van der Waals surface area contributed by atoms with Crippen LogP contribution in [0.2, 0.25) is 5.02 Å². The molecule has 0 spiro atoms. The van der Waals surface area contributed by atoms with E-state index in [0.29, 0.717) is 22.0 Å². The molecule has 3 aromatic carbocycles. The van der Waals surface area contributed by atoms with Gasteiger partial charge in [0.1, 0.15) is 11.6 Å². The number of hydrogen-bond acceptors (Lipinski definition) is 3. The number of benzene rings is 3.